The summed E-state index contributed by atoms with van der Waals surface area (Å²) in [6.45, 7) is 9.88. The van der Waals surface area contributed by atoms with Gasteiger partial charge in [-0.25, -0.2) is 4.98 Å². The number of aromatic nitrogens is 2. The Morgan fingerprint density at radius 2 is 2.00 bits per heavy atom. The first kappa shape index (κ1) is 22.9. The Hall–Kier alpha value is -2.23. The zero-order chi connectivity index (χ0) is 23.0. The second-order valence-electron chi connectivity index (χ2n) is 8.39. The Labute approximate surface area is 197 Å². The summed E-state index contributed by atoms with van der Waals surface area (Å²) in [6, 6.07) is 3.77. The molecule has 2 aliphatic rings. The average molecular weight is 473 g/mol. The zero-order valence-electron chi connectivity index (χ0n) is 18.8. The van der Waals surface area contributed by atoms with Crippen molar-refractivity contribution >= 4 is 51.7 Å². The maximum Gasteiger partial charge on any atom is 0.267 e. The number of ether oxygens (including phenoxy) is 1. The monoisotopic (exact) mass is 472 g/mol. The maximum atomic E-state index is 13.6. The number of fused-ring (bicyclic) bond motifs is 1. The molecule has 1 amide bonds. The van der Waals surface area contributed by atoms with Gasteiger partial charge in [-0.1, -0.05) is 43.4 Å². The number of rotatable bonds is 5. The van der Waals surface area contributed by atoms with Gasteiger partial charge in [-0.05, 0) is 44.9 Å². The van der Waals surface area contributed by atoms with Crippen LogP contribution in [0.2, 0.25) is 0 Å². The summed E-state index contributed by atoms with van der Waals surface area (Å²) in [5, 5.41) is 0. The van der Waals surface area contributed by atoms with E-state index >= 15 is 0 Å². The third-order valence-electron chi connectivity index (χ3n) is 5.67. The lowest BCUT2D eigenvalue weighted by atomic mass is 10.1. The van der Waals surface area contributed by atoms with E-state index in [0.29, 0.717) is 45.9 Å². The van der Waals surface area contributed by atoms with Crippen molar-refractivity contribution < 1.29 is 9.53 Å². The van der Waals surface area contributed by atoms with E-state index in [-0.39, 0.29) is 23.7 Å². The summed E-state index contributed by atoms with van der Waals surface area (Å²) >= 11 is 6.69. The SMILES string of the molecule is CCCCN1C(=O)/C(=C\c2c(N3C[C@H](C)O[C@@H](C)C3)nc3c(C)cccn3c2=O)SC1=S. The zero-order valence-corrected chi connectivity index (χ0v) is 20.5. The molecule has 32 heavy (non-hydrogen) atoms. The molecule has 4 rings (SSSR count). The molecular formula is C23H28N4O3S2. The number of anilines is 1. The summed E-state index contributed by atoms with van der Waals surface area (Å²) in [4.78, 5) is 35.7. The largest absolute Gasteiger partial charge is 0.372 e. The summed E-state index contributed by atoms with van der Waals surface area (Å²) < 4.78 is 7.97. The molecule has 2 fully saturated rings. The Balaban J connectivity index is 1.85. The molecule has 0 spiro atoms. The highest BCUT2D eigenvalue weighted by Gasteiger charge is 2.33. The van der Waals surface area contributed by atoms with Gasteiger partial charge >= 0.3 is 0 Å². The molecule has 0 saturated carbocycles. The fraction of sp³-hybridized carbons (Fsp3) is 0.478. The molecule has 7 nitrogen and oxygen atoms in total. The minimum absolute atomic E-state index is 0.0102. The van der Waals surface area contributed by atoms with Crippen LogP contribution in [0.4, 0.5) is 5.82 Å². The van der Waals surface area contributed by atoms with Gasteiger partial charge in [0.2, 0.25) is 0 Å². The van der Waals surface area contributed by atoms with Crippen molar-refractivity contribution in [1.82, 2.24) is 14.3 Å². The number of hydrogen-bond donors (Lipinski definition) is 0. The highest BCUT2D eigenvalue weighted by Crippen LogP contribution is 2.34. The highest BCUT2D eigenvalue weighted by molar-refractivity contribution is 8.26. The van der Waals surface area contributed by atoms with Crippen LogP contribution in [0.15, 0.2) is 28.0 Å². The topological polar surface area (TPSA) is 67.2 Å². The van der Waals surface area contributed by atoms with E-state index in [1.807, 2.05) is 32.9 Å². The third kappa shape index (κ3) is 4.33. The molecule has 0 aliphatic carbocycles. The number of pyridine rings is 1. The van der Waals surface area contributed by atoms with E-state index in [2.05, 4.69) is 11.8 Å². The number of thioether (sulfide) groups is 1. The molecule has 0 unspecified atom stereocenters. The number of thiocarbonyl (C=S) groups is 1. The van der Waals surface area contributed by atoms with E-state index < -0.39 is 0 Å². The molecule has 2 aromatic rings. The quantitative estimate of drug-likeness (QED) is 0.486. The van der Waals surface area contributed by atoms with Crippen molar-refractivity contribution in [2.45, 2.75) is 52.7 Å². The standard InChI is InChI=1S/C23H28N4O3S2/c1-5-6-9-27-22(29)18(32-23(27)31)11-17-20(25-12-15(3)30-16(4)13-25)24-19-14(2)8-7-10-26(19)21(17)28/h7-8,10-11,15-16H,5-6,9,12-13H2,1-4H3/b18-11+/t15-,16-/m0/s1. The Morgan fingerprint density at radius 3 is 2.69 bits per heavy atom. The number of carbonyl (C=O) groups excluding carboxylic acids is 1. The molecule has 0 aromatic carbocycles. The van der Waals surface area contributed by atoms with E-state index in [1.54, 1.807) is 21.6 Å². The van der Waals surface area contributed by atoms with Gasteiger partial charge < -0.3 is 9.64 Å². The molecule has 0 radical (unpaired) electrons. The first-order chi connectivity index (χ1) is 15.3. The minimum Gasteiger partial charge on any atom is -0.372 e. The van der Waals surface area contributed by atoms with Crippen molar-refractivity contribution in [2.24, 2.45) is 0 Å². The van der Waals surface area contributed by atoms with Gasteiger partial charge in [0.1, 0.15) is 15.8 Å². The maximum absolute atomic E-state index is 13.6. The normalized spacial score (nSPS) is 23.1. The molecule has 0 bridgehead atoms. The van der Waals surface area contributed by atoms with Gasteiger partial charge in [-0.15, -0.1) is 0 Å². The van der Waals surface area contributed by atoms with Crippen molar-refractivity contribution in [2.75, 3.05) is 24.5 Å². The lowest BCUT2D eigenvalue weighted by Crippen LogP contribution is -2.46. The predicted octanol–water partition coefficient (Wildman–Crippen LogP) is 3.62. The second kappa shape index (κ2) is 9.33. The van der Waals surface area contributed by atoms with Crippen molar-refractivity contribution in [3.05, 3.63) is 44.7 Å². The van der Waals surface area contributed by atoms with E-state index in [0.717, 1.165) is 18.4 Å². The number of aryl methyl sites for hydroxylation is 1. The molecule has 2 atom stereocenters. The summed E-state index contributed by atoms with van der Waals surface area (Å²) in [5.41, 5.74) is 1.74. The van der Waals surface area contributed by atoms with Crippen LogP contribution in [-0.2, 0) is 9.53 Å². The van der Waals surface area contributed by atoms with Gasteiger partial charge in [0, 0.05) is 25.8 Å². The first-order valence-corrected chi connectivity index (χ1v) is 12.2. The third-order valence-corrected chi connectivity index (χ3v) is 7.05. The Kier molecular flexibility index (Phi) is 6.69. The fourth-order valence-electron chi connectivity index (χ4n) is 4.16. The van der Waals surface area contributed by atoms with Gasteiger partial charge in [0.15, 0.2) is 0 Å². The van der Waals surface area contributed by atoms with Crippen molar-refractivity contribution in [1.29, 1.82) is 0 Å². The summed E-state index contributed by atoms with van der Waals surface area (Å²) in [7, 11) is 0. The fourth-order valence-corrected chi connectivity index (χ4v) is 5.45. The van der Waals surface area contributed by atoms with Gasteiger partial charge in [0.25, 0.3) is 11.5 Å². The summed E-state index contributed by atoms with van der Waals surface area (Å²) in [5.74, 6) is 0.446. The predicted molar refractivity (Wildman–Crippen MR) is 133 cm³/mol. The number of unbranched alkanes of at least 4 members (excludes halogenated alkanes) is 1. The molecule has 2 aliphatic heterocycles. The van der Waals surface area contributed by atoms with E-state index in [9.17, 15) is 9.59 Å². The molecule has 9 heteroatoms. The van der Waals surface area contributed by atoms with Gasteiger partial charge in [-0.2, -0.15) is 0 Å². The van der Waals surface area contributed by atoms with Crippen LogP contribution in [0.3, 0.4) is 0 Å². The van der Waals surface area contributed by atoms with Crippen LogP contribution in [-0.4, -0.2) is 56.4 Å². The van der Waals surface area contributed by atoms with Crippen LogP contribution >= 0.6 is 24.0 Å². The molecule has 4 heterocycles. The molecule has 170 valence electrons. The van der Waals surface area contributed by atoms with Crippen LogP contribution in [0, 0.1) is 6.92 Å². The minimum atomic E-state index is -0.195. The Morgan fingerprint density at radius 1 is 1.28 bits per heavy atom. The lowest BCUT2D eigenvalue weighted by Gasteiger charge is -2.36. The second-order valence-corrected chi connectivity index (χ2v) is 10.1. The number of morpholine rings is 1. The van der Waals surface area contributed by atoms with E-state index in [1.165, 1.54) is 11.8 Å². The lowest BCUT2D eigenvalue weighted by molar-refractivity contribution is -0.122. The number of nitrogens with zero attached hydrogens (tertiary/aromatic N) is 4. The van der Waals surface area contributed by atoms with Crippen molar-refractivity contribution in [3.63, 3.8) is 0 Å². The molecule has 2 saturated heterocycles. The number of hydrogen-bond acceptors (Lipinski definition) is 7. The van der Waals surface area contributed by atoms with Gasteiger partial charge in [0.05, 0.1) is 22.7 Å². The number of carbonyl (C=O) groups is 1. The average Bonchev–Trinajstić information content (AvgIpc) is 3.00. The van der Waals surface area contributed by atoms with Crippen LogP contribution in [0.1, 0.15) is 44.7 Å². The van der Waals surface area contributed by atoms with Crippen LogP contribution < -0.4 is 10.5 Å². The first-order valence-electron chi connectivity index (χ1n) is 11.0. The Bertz CT molecular complexity index is 1150. The van der Waals surface area contributed by atoms with Crippen molar-refractivity contribution in [3.8, 4) is 0 Å². The van der Waals surface area contributed by atoms with Crippen LogP contribution in [0.5, 0.6) is 0 Å². The summed E-state index contributed by atoms with van der Waals surface area (Å²) in [6.07, 6.45) is 5.27. The molecule has 0 N–H and O–H groups in total. The molecular weight excluding hydrogens is 444 g/mol. The highest BCUT2D eigenvalue weighted by atomic mass is 32.2. The smallest absolute Gasteiger partial charge is 0.267 e. The molecule has 2 aromatic heterocycles. The number of amides is 1. The van der Waals surface area contributed by atoms with Crippen LogP contribution in [0.25, 0.3) is 11.7 Å². The van der Waals surface area contributed by atoms with E-state index in [4.69, 9.17) is 21.9 Å². The van der Waals surface area contributed by atoms with Gasteiger partial charge in [-0.3, -0.25) is 18.9 Å².